The molecule has 5 rings (SSSR count). The van der Waals surface area contributed by atoms with Gasteiger partial charge in [-0.15, -0.1) is 0 Å². The van der Waals surface area contributed by atoms with E-state index < -0.39 is 0 Å². The Morgan fingerprint density at radius 1 is 0.885 bits per heavy atom. The second kappa shape index (κ2) is 5.85. The lowest BCUT2D eigenvalue weighted by atomic mass is 9.94. The Hall–Kier alpha value is -3.39. The van der Waals surface area contributed by atoms with E-state index in [4.69, 9.17) is 4.74 Å². The molecular formula is C24H16O2. The molecule has 0 saturated carbocycles. The SMILES string of the molecule is O=C(OC1=CCc2c(ccc3c4c(ccc23)=CC=C4)=C1)c1ccccc1. The summed E-state index contributed by atoms with van der Waals surface area (Å²) in [5.41, 5.74) is 3.13. The van der Waals surface area contributed by atoms with E-state index in [9.17, 15) is 4.79 Å². The van der Waals surface area contributed by atoms with Crippen LogP contribution in [0.1, 0.15) is 21.5 Å². The minimum absolute atomic E-state index is 0.323. The van der Waals surface area contributed by atoms with Crippen LogP contribution < -0.4 is 10.4 Å². The Labute approximate surface area is 151 Å². The lowest BCUT2D eigenvalue weighted by Gasteiger charge is -2.14. The van der Waals surface area contributed by atoms with Crippen molar-refractivity contribution in [1.82, 2.24) is 0 Å². The van der Waals surface area contributed by atoms with Crippen molar-refractivity contribution in [3.63, 3.8) is 0 Å². The van der Waals surface area contributed by atoms with Gasteiger partial charge in [0.15, 0.2) is 0 Å². The molecule has 0 fully saturated rings. The summed E-state index contributed by atoms with van der Waals surface area (Å²) in [6, 6.07) is 17.7. The zero-order chi connectivity index (χ0) is 17.5. The molecule has 0 spiro atoms. The van der Waals surface area contributed by atoms with E-state index in [0.717, 1.165) is 11.6 Å². The van der Waals surface area contributed by atoms with Crippen LogP contribution in [0.15, 0.2) is 72.5 Å². The molecule has 124 valence electrons. The first kappa shape index (κ1) is 14.9. The molecule has 0 saturated heterocycles. The molecule has 3 aromatic rings. The molecule has 0 N–H and O–H groups in total. The van der Waals surface area contributed by atoms with E-state index in [1.165, 1.54) is 27.1 Å². The summed E-state index contributed by atoms with van der Waals surface area (Å²) in [5, 5.41) is 4.92. The fourth-order valence-corrected chi connectivity index (χ4v) is 3.69. The minimum Gasteiger partial charge on any atom is -0.423 e. The highest BCUT2D eigenvalue weighted by Crippen LogP contribution is 2.23. The number of rotatable bonds is 2. The molecule has 0 aromatic heterocycles. The number of carbonyl (C=O) groups is 1. The fraction of sp³-hybridized carbons (Fsp3) is 0.0417. The standard InChI is InChI=1S/C24H16O2/c25-24(17-5-2-1-3-6-17)26-19-11-14-21-18(15-19)10-13-22-20-8-4-7-16(20)9-12-23(21)22/h1-13,15H,14H2. The van der Waals surface area contributed by atoms with Gasteiger partial charge >= 0.3 is 5.97 Å². The Balaban J connectivity index is 1.53. The van der Waals surface area contributed by atoms with Gasteiger partial charge in [-0.1, -0.05) is 60.7 Å². The largest absolute Gasteiger partial charge is 0.423 e. The van der Waals surface area contributed by atoms with Crippen molar-refractivity contribution < 1.29 is 9.53 Å². The normalized spacial score (nSPS) is 14.1. The van der Waals surface area contributed by atoms with Crippen LogP contribution in [0.3, 0.4) is 0 Å². The van der Waals surface area contributed by atoms with Crippen molar-refractivity contribution in [3.05, 3.63) is 99.6 Å². The molecule has 0 amide bonds. The maximum Gasteiger partial charge on any atom is 0.343 e. The number of ether oxygens (including phenoxy) is 1. The zero-order valence-corrected chi connectivity index (χ0v) is 14.1. The summed E-state index contributed by atoms with van der Waals surface area (Å²) >= 11 is 0. The summed E-state index contributed by atoms with van der Waals surface area (Å²) in [7, 11) is 0. The molecule has 0 heterocycles. The number of allylic oxidation sites excluding steroid dienone is 3. The van der Waals surface area contributed by atoms with Crippen molar-refractivity contribution in [2.45, 2.75) is 6.42 Å². The zero-order valence-electron chi connectivity index (χ0n) is 14.1. The van der Waals surface area contributed by atoms with Crippen molar-refractivity contribution in [3.8, 4) is 0 Å². The highest BCUT2D eigenvalue weighted by atomic mass is 16.5. The highest BCUT2D eigenvalue weighted by Gasteiger charge is 2.14. The van der Waals surface area contributed by atoms with Gasteiger partial charge in [0.1, 0.15) is 5.76 Å². The number of esters is 1. The van der Waals surface area contributed by atoms with Crippen molar-refractivity contribution >= 4 is 35.0 Å². The van der Waals surface area contributed by atoms with Crippen LogP contribution in [0.2, 0.25) is 0 Å². The fourth-order valence-electron chi connectivity index (χ4n) is 3.69. The molecule has 0 unspecified atom stereocenters. The van der Waals surface area contributed by atoms with Crippen molar-refractivity contribution in [2.24, 2.45) is 0 Å². The topological polar surface area (TPSA) is 26.3 Å². The monoisotopic (exact) mass is 336 g/mol. The molecule has 26 heavy (non-hydrogen) atoms. The highest BCUT2D eigenvalue weighted by molar-refractivity contribution is 5.96. The molecule has 0 aliphatic heterocycles. The van der Waals surface area contributed by atoms with E-state index in [2.05, 4.69) is 42.5 Å². The summed E-state index contributed by atoms with van der Waals surface area (Å²) in [6.07, 6.45) is 11.1. The lowest BCUT2D eigenvalue weighted by molar-refractivity contribution is 0.0641. The molecule has 0 bridgehead atoms. The van der Waals surface area contributed by atoms with Crippen molar-refractivity contribution in [2.75, 3.05) is 0 Å². The van der Waals surface area contributed by atoms with Crippen LogP contribution >= 0.6 is 0 Å². The Morgan fingerprint density at radius 3 is 2.58 bits per heavy atom. The molecule has 3 aromatic carbocycles. The first-order valence-electron chi connectivity index (χ1n) is 8.72. The lowest BCUT2D eigenvalue weighted by Crippen LogP contribution is -2.16. The molecule has 2 heteroatoms. The molecule has 0 atom stereocenters. The maximum atomic E-state index is 12.3. The number of fused-ring (bicyclic) bond motifs is 5. The summed E-state index contributed by atoms with van der Waals surface area (Å²) in [6.45, 7) is 0. The van der Waals surface area contributed by atoms with Gasteiger partial charge < -0.3 is 4.74 Å². The summed E-state index contributed by atoms with van der Waals surface area (Å²) < 4.78 is 5.57. The van der Waals surface area contributed by atoms with Gasteiger partial charge in [0.05, 0.1) is 5.56 Å². The third-order valence-electron chi connectivity index (χ3n) is 4.99. The van der Waals surface area contributed by atoms with E-state index in [1.54, 1.807) is 12.1 Å². The quantitative estimate of drug-likeness (QED) is 0.667. The van der Waals surface area contributed by atoms with Gasteiger partial charge in [-0.25, -0.2) is 4.79 Å². The number of carbonyl (C=O) groups excluding carboxylic acids is 1. The molecule has 2 aliphatic rings. The van der Waals surface area contributed by atoms with Gasteiger partial charge in [0, 0.05) is 0 Å². The predicted octanol–water partition coefficient (Wildman–Crippen LogP) is 3.72. The molecular weight excluding hydrogens is 320 g/mol. The molecule has 2 nitrogen and oxygen atoms in total. The number of benzene rings is 3. The van der Waals surface area contributed by atoms with Gasteiger partial charge in [-0.3, -0.25) is 0 Å². The minimum atomic E-state index is -0.323. The van der Waals surface area contributed by atoms with E-state index in [0.29, 0.717) is 11.3 Å². The molecule has 0 radical (unpaired) electrons. The Morgan fingerprint density at radius 2 is 1.69 bits per heavy atom. The second-order valence-electron chi connectivity index (χ2n) is 6.53. The maximum absolute atomic E-state index is 12.3. The Kier molecular flexibility index (Phi) is 3.36. The first-order chi connectivity index (χ1) is 12.8. The van der Waals surface area contributed by atoms with Crippen LogP contribution in [0.4, 0.5) is 0 Å². The van der Waals surface area contributed by atoms with Crippen LogP contribution in [-0.2, 0) is 11.2 Å². The van der Waals surface area contributed by atoms with Crippen LogP contribution in [0, 0.1) is 0 Å². The summed E-state index contributed by atoms with van der Waals surface area (Å²) in [5.74, 6) is 0.288. The average molecular weight is 336 g/mol. The summed E-state index contributed by atoms with van der Waals surface area (Å²) in [4.78, 5) is 12.3. The van der Waals surface area contributed by atoms with Crippen LogP contribution in [0.25, 0.3) is 29.0 Å². The van der Waals surface area contributed by atoms with Crippen LogP contribution in [-0.4, -0.2) is 5.97 Å². The first-order valence-corrected chi connectivity index (χ1v) is 8.72. The molecule has 2 aliphatic carbocycles. The predicted molar refractivity (Wildman–Crippen MR) is 105 cm³/mol. The van der Waals surface area contributed by atoms with Crippen LogP contribution in [0.5, 0.6) is 0 Å². The van der Waals surface area contributed by atoms with Gasteiger partial charge in [-0.05, 0) is 63.0 Å². The third kappa shape index (κ3) is 2.39. The van der Waals surface area contributed by atoms with E-state index in [-0.39, 0.29) is 5.97 Å². The van der Waals surface area contributed by atoms with Gasteiger partial charge in [0.25, 0.3) is 0 Å². The number of hydrogen-bond donors (Lipinski definition) is 0. The van der Waals surface area contributed by atoms with E-state index in [1.807, 2.05) is 30.4 Å². The average Bonchev–Trinajstić information content (AvgIpc) is 3.17. The van der Waals surface area contributed by atoms with E-state index >= 15 is 0 Å². The number of hydrogen-bond acceptors (Lipinski definition) is 2. The smallest absolute Gasteiger partial charge is 0.343 e. The second-order valence-corrected chi connectivity index (χ2v) is 6.53. The van der Waals surface area contributed by atoms with Gasteiger partial charge in [0.2, 0.25) is 0 Å². The third-order valence-corrected chi connectivity index (χ3v) is 4.99. The van der Waals surface area contributed by atoms with Gasteiger partial charge in [-0.2, -0.15) is 0 Å². The Bertz CT molecular complexity index is 1230. The van der Waals surface area contributed by atoms with Crippen molar-refractivity contribution in [1.29, 1.82) is 0 Å².